The molecule has 0 bridgehead atoms. The van der Waals surface area contributed by atoms with E-state index in [0.717, 1.165) is 44.7 Å². The van der Waals surface area contributed by atoms with Crippen LogP contribution in [0.25, 0.3) is 0 Å². The average Bonchev–Trinajstić information content (AvgIpc) is 3.00. The second-order valence-corrected chi connectivity index (χ2v) is 10.2. The number of hydrogen-bond acceptors (Lipinski definition) is 2. The molecule has 0 spiro atoms. The molecule has 3 saturated carbocycles. The molecule has 150 valence electrons. The summed E-state index contributed by atoms with van der Waals surface area (Å²) in [7, 11) is 0. The fourth-order valence-corrected chi connectivity index (χ4v) is 7.72. The summed E-state index contributed by atoms with van der Waals surface area (Å²) in [6.45, 7) is 10.8. The number of rotatable bonds is 3. The number of hydrogen-bond donors (Lipinski definition) is 0. The van der Waals surface area contributed by atoms with Gasteiger partial charge in [0.1, 0.15) is 0 Å². The van der Waals surface area contributed by atoms with Gasteiger partial charge in [-0.3, -0.25) is 9.59 Å². The lowest BCUT2D eigenvalue weighted by atomic mass is 9.47. The smallest absolute Gasteiger partial charge is 0.226 e. The van der Waals surface area contributed by atoms with E-state index in [1.165, 1.54) is 31.3 Å². The van der Waals surface area contributed by atoms with E-state index in [1.807, 2.05) is 6.08 Å². The number of fused-ring (bicyclic) bond motifs is 5. The number of carbonyl (C=O) groups excluding carboxylic acids is 2. The summed E-state index contributed by atoms with van der Waals surface area (Å²) in [4.78, 5) is 27.3. The number of allylic oxidation sites excluding steroid dienone is 1. The molecule has 4 rings (SSSR count). The predicted octanol–water partition coefficient (Wildman–Crippen LogP) is 5.00. The first-order valence-electron chi connectivity index (χ1n) is 11.4. The van der Waals surface area contributed by atoms with Gasteiger partial charge >= 0.3 is 0 Å². The van der Waals surface area contributed by atoms with Gasteiger partial charge < -0.3 is 4.90 Å². The lowest BCUT2D eigenvalue weighted by Gasteiger charge is -2.58. The third-order valence-corrected chi connectivity index (χ3v) is 9.34. The molecule has 1 amide bonds. The van der Waals surface area contributed by atoms with Crippen molar-refractivity contribution in [1.82, 2.24) is 4.90 Å². The van der Waals surface area contributed by atoms with Crippen molar-refractivity contribution in [2.75, 3.05) is 13.1 Å². The predicted molar refractivity (Wildman–Crippen MR) is 108 cm³/mol. The molecule has 4 aliphatic carbocycles. The normalized spacial score (nSPS) is 43.4. The average molecular weight is 372 g/mol. The van der Waals surface area contributed by atoms with E-state index < -0.39 is 0 Å². The molecule has 0 aliphatic heterocycles. The highest BCUT2D eigenvalue weighted by Gasteiger charge is 2.60. The van der Waals surface area contributed by atoms with Gasteiger partial charge in [-0.25, -0.2) is 0 Å². The highest BCUT2D eigenvalue weighted by Crippen LogP contribution is 2.66. The van der Waals surface area contributed by atoms with Gasteiger partial charge in [0.15, 0.2) is 5.78 Å². The molecule has 0 aromatic carbocycles. The Labute approximate surface area is 165 Å². The van der Waals surface area contributed by atoms with Gasteiger partial charge in [-0.15, -0.1) is 0 Å². The number of amides is 1. The Kier molecular flexibility index (Phi) is 4.79. The maximum Gasteiger partial charge on any atom is 0.226 e. The molecule has 4 aliphatic rings. The zero-order chi connectivity index (χ0) is 19.4. The summed E-state index contributed by atoms with van der Waals surface area (Å²) in [6.07, 6.45) is 10.8. The fourth-order valence-electron chi connectivity index (χ4n) is 7.72. The van der Waals surface area contributed by atoms with E-state index in [9.17, 15) is 9.59 Å². The molecule has 3 heteroatoms. The monoisotopic (exact) mass is 371 g/mol. The standard InChI is InChI=1S/C24H37NO2/c1-5-25(6-2)22(27)21-10-9-19-18-8-7-16-15-17(26)11-13-23(16,3)20(18)12-14-24(19,21)4/h15,18-21H,5-14H2,1-4H3/t18?,19?,20?,21?,23-,24-/m0/s1. The van der Waals surface area contributed by atoms with Gasteiger partial charge in [0.25, 0.3) is 0 Å². The molecule has 4 unspecified atom stereocenters. The van der Waals surface area contributed by atoms with Crippen LogP contribution in [0.4, 0.5) is 0 Å². The van der Waals surface area contributed by atoms with Gasteiger partial charge in [0.2, 0.25) is 5.91 Å². The van der Waals surface area contributed by atoms with Crippen LogP contribution in [0.1, 0.15) is 79.1 Å². The fraction of sp³-hybridized carbons (Fsp3) is 0.833. The minimum atomic E-state index is 0.183. The molecular formula is C24H37NO2. The molecule has 0 N–H and O–H groups in total. The van der Waals surface area contributed by atoms with E-state index in [1.54, 1.807) is 0 Å². The zero-order valence-corrected chi connectivity index (χ0v) is 17.7. The van der Waals surface area contributed by atoms with Crippen molar-refractivity contribution < 1.29 is 9.59 Å². The summed E-state index contributed by atoms with van der Waals surface area (Å²) in [5, 5.41) is 0. The van der Waals surface area contributed by atoms with Gasteiger partial charge in [0.05, 0.1) is 0 Å². The van der Waals surface area contributed by atoms with E-state index in [0.29, 0.717) is 23.5 Å². The lowest BCUT2D eigenvalue weighted by molar-refractivity contribution is -0.142. The first-order chi connectivity index (χ1) is 12.8. The zero-order valence-electron chi connectivity index (χ0n) is 17.7. The Morgan fingerprint density at radius 2 is 1.78 bits per heavy atom. The van der Waals surface area contributed by atoms with Crippen molar-refractivity contribution in [3.63, 3.8) is 0 Å². The van der Waals surface area contributed by atoms with Crippen LogP contribution in [0.3, 0.4) is 0 Å². The molecule has 0 saturated heterocycles. The van der Waals surface area contributed by atoms with E-state index in [-0.39, 0.29) is 16.7 Å². The van der Waals surface area contributed by atoms with Crippen molar-refractivity contribution in [1.29, 1.82) is 0 Å². The number of nitrogens with zero attached hydrogens (tertiary/aromatic N) is 1. The van der Waals surface area contributed by atoms with Crippen LogP contribution in [-0.2, 0) is 9.59 Å². The van der Waals surface area contributed by atoms with Crippen molar-refractivity contribution >= 4 is 11.7 Å². The van der Waals surface area contributed by atoms with Crippen LogP contribution < -0.4 is 0 Å². The Balaban J connectivity index is 1.60. The van der Waals surface area contributed by atoms with Crippen LogP contribution in [0.5, 0.6) is 0 Å². The van der Waals surface area contributed by atoms with Crippen molar-refractivity contribution in [3.05, 3.63) is 11.6 Å². The van der Waals surface area contributed by atoms with Gasteiger partial charge in [-0.05, 0) is 93.5 Å². The van der Waals surface area contributed by atoms with Gasteiger partial charge in [0, 0.05) is 25.4 Å². The SMILES string of the molecule is CCN(CC)C(=O)C1CCC2C3CCC4=CC(=O)CC[C@]4(C)C3CC[C@]12C. The van der Waals surface area contributed by atoms with Gasteiger partial charge in [-0.2, -0.15) is 0 Å². The minimum Gasteiger partial charge on any atom is -0.343 e. The molecular weight excluding hydrogens is 334 g/mol. The first-order valence-corrected chi connectivity index (χ1v) is 11.4. The van der Waals surface area contributed by atoms with Crippen LogP contribution in [0.15, 0.2) is 11.6 Å². The largest absolute Gasteiger partial charge is 0.343 e. The second kappa shape index (κ2) is 6.74. The molecule has 0 aromatic rings. The van der Waals surface area contributed by atoms with Crippen molar-refractivity contribution in [2.45, 2.75) is 79.1 Å². The Morgan fingerprint density at radius 1 is 1.04 bits per heavy atom. The highest BCUT2D eigenvalue weighted by molar-refractivity contribution is 5.91. The number of ketones is 1. The maximum absolute atomic E-state index is 13.2. The van der Waals surface area contributed by atoms with Gasteiger partial charge in [-0.1, -0.05) is 19.4 Å². The summed E-state index contributed by atoms with van der Waals surface area (Å²) in [5.74, 6) is 3.12. The van der Waals surface area contributed by atoms with E-state index in [4.69, 9.17) is 0 Å². The van der Waals surface area contributed by atoms with Crippen LogP contribution in [0, 0.1) is 34.5 Å². The number of carbonyl (C=O) groups is 2. The summed E-state index contributed by atoms with van der Waals surface area (Å²) >= 11 is 0. The maximum atomic E-state index is 13.2. The molecule has 0 aromatic heterocycles. The Bertz CT molecular complexity index is 663. The quantitative estimate of drug-likeness (QED) is 0.700. The van der Waals surface area contributed by atoms with Crippen LogP contribution in [-0.4, -0.2) is 29.7 Å². The van der Waals surface area contributed by atoms with Crippen molar-refractivity contribution in [3.8, 4) is 0 Å². The third-order valence-electron chi connectivity index (χ3n) is 9.34. The van der Waals surface area contributed by atoms with Crippen molar-refractivity contribution in [2.24, 2.45) is 34.5 Å². The molecule has 27 heavy (non-hydrogen) atoms. The first kappa shape index (κ1) is 19.2. The molecule has 0 heterocycles. The molecule has 3 nitrogen and oxygen atoms in total. The lowest BCUT2D eigenvalue weighted by Crippen LogP contribution is -2.52. The van der Waals surface area contributed by atoms with Crippen LogP contribution in [0.2, 0.25) is 0 Å². The van der Waals surface area contributed by atoms with E-state index in [2.05, 4.69) is 32.6 Å². The topological polar surface area (TPSA) is 37.4 Å². The Morgan fingerprint density at radius 3 is 2.48 bits per heavy atom. The van der Waals surface area contributed by atoms with E-state index >= 15 is 0 Å². The third kappa shape index (κ3) is 2.75. The van der Waals surface area contributed by atoms with Crippen LogP contribution >= 0.6 is 0 Å². The summed E-state index contributed by atoms with van der Waals surface area (Å²) in [5.41, 5.74) is 1.86. The minimum absolute atomic E-state index is 0.183. The second-order valence-electron chi connectivity index (χ2n) is 10.2. The summed E-state index contributed by atoms with van der Waals surface area (Å²) in [6, 6.07) is 0. The Hall–Kier alpha value is -1.12. The molecule has 0 radical (unpaired) electrons. The molecule has 6 atom stereocenters. The molecule has 3 fully saturated rings. The summed E-state index contributed by atoms with van der Waals surface area (Å²) < 4.78 is 0. The highest BCUT2D eigenvalue weighted by atomic mass is 16.2.